The van der Waals surface area contributed by atoms with Crippen LogP contribution in [0.4, 0.5) is 0 Å². The van der Waals surface area contributed by atoms with Gasteiger partial charge in [0.15, 0.2) is 5.82 Å². The Hall–Kier alpha value is -2.76. The van der Waals surface area contributed by atoms with Crippen LogP contribution in [0, 0.1) is 0 Å². The van der Waals surface area contributed by atoms with Crippen LogP contribution in [-0.2, 0) is 0 Å². The summed E-state index contributed by atoms with van der Waals surface area (Å²) >= 11 is 0. The molecule has 0 aliphatic carbocycles. The van der Waals surface area contributed by atoms with Crippen molar-refractivity contribution in [2.45, 2.75) is 0 Å². The molecule has 1 N–H and O–H groups in total. The van der Waals surface area contributed by atoms with Crippen molar-refractivity contribution >= 4 is 16.9 Å². The molecule has 0 bridgehead atoms. The third-order valence-corrected chi connectivity index (χ3v) is 3.27. The van der Waals surface area contributed by atoms with Crippen LogP contribution in [0.2, 0.25) is 0 Å². The molecule has 2 aromatic heterocycles. The van der Waals surface area contributed by atoms with Gasteiger partial charge in [0.2, 0.25) is 0 Å². The SMILES string of the molecule is c1cnc(-n2nnc3ccccc32)c(C2=NCCN2)c1. The summed E-state index contributed by atoms with van der Waals surface area (Å²) in [5.74, 6) is 1.61. The van der Waals surface area contributed by atoms with Crippen molar-refractivity contribution in [2.75, 3.05) is 13.1 Å². The number of hydrogen-bond acceptors (Lipinski definition) is 5. The van der Waals surface area contributed by atoms with Gasteiger partial charge in [-0.05, 0) is 24.3 Å². The van der Waals surface area contributed by atoms with Crippen molar-refractivity contribution in [3.05, 3.63) is 48.2 Å². The highest BCUT2D eigenvalue weighted by atomic mass is 15.4. The summed E-state index contributed by atoms with van der Waals surface area (Å²) in [6.45, 7) is 1.66. The molecular formula is C14H12N6. The van der Waals surface area contributed by atoms with Crippen LogP contribution < -0.4 is 5.32 Å². The monoisotopic (exact) mass is 264 g/mol. The van der Waals surface area contributed by atoms with Gasteiger partial charge in [-0.15, -0.1) is 5.10 Å². The van der Waals surface area contributed by atoms with E-state index in [1.54, 1.807) is 10.9 Å². The minimum absolute atomic E-state index is 0.745. The van der Waals surface area contributed by atoms with E-state index in [0.717, 1.165) is 41.3 Å². The van der Waals surface area contributed by atoms with Crippen molar-refractivity contribution in [2.24, 2.45) is 4.99 Å². The maximum atomic E-state index is 4.46. The zero-order valence-corrected chi connectivity index (χ0v) is 10.7. The topological polar surface area (TPSA) is 68.0 Å². The summed E-state index contributed by atoms with van der Waals surface area (Å²) in [6.07, 6.45) is 1.75. The maximum Gasteiger partial charge on any atom is 0.166 e. The van der Waals surface area contributed by atoms with Gasteiger partial charge in [0.25, 0.3) is 0 Å². The minimum Gasteiger partial charge on any atom is -0.368 e. The first-order chi connectivity index (χ1) is 9.93. The van der Waals surface area contributed by atoms with Gasteiger partial charge in [0.05, 0.1) is 17.6 Å². The fourth-order valence-corrected chi connectivity index (χ4v) is 2.35. The molecule has 3 heterocycles. The number of nitrogens with zero attached hydrogens (tertiary/aromatic N) is 5. The lowest BCUT2D eigenvalue weighted by Crippen LogP contribution is -2.22. The molecule has 0 saturated carbocycles. The van der Waals surface area contributed by atoms with E-state index in [2.05, 4.69) is 25.6 Å². The first-order valence-electron chi connectivity index (χ1n) is 6.48. The summed E-state index contributed by atoms with van der Waals surface area (Å²) in [7, 11) is 0. The number of fused-ring (bicyclic) bond motifs is 1. The largest absolute Gasteiger partial charge is 0.368 e. The lowest BCUT2D eigenvalue weighted by molar-refractivity contribution is 0.799. The number of aliphatic imine (C=N–C) groups is 1. The molecule has 1 aromatic carbocycles. The lowest BCUT2D eigenvalue weighted by Gasteiger charge is -2.08. The van der Waals surface area contributed by atoms with Gasteiger partial charge in [-0.2, -0.15) is 4.68 Å². The van der Waals surface area contributed by atoms with E-state index >= 15 is 0 Å². The smallest absolute Gasteiger partial charge is 0.166 e. The standard InChI is InChI=1S/C14H12N6/c1-2-6-12-11(5-1)18-19-20(12)14-10(4-3-7-17-14)13-15-8-9-16-13/h1-7H,8-9H2,(H,15,16). The number of para-hydroxylation sites is 1. The van der Waals surface area contributed by atoms with Crippen LogP contribution in [0.15, 0.2) is 47.6 Å². The number of rotatable bonds is 2. The van der Waals surface area contributed by atoms with E-state index in [1.165, 1.54) is 0 Å². The van der Waals surface area contributed by atoms with Gasteiger partial charge >= 0.3 is 0 Å². The summed E-state index contributed by atoms with van der Waals surface area (Å²) in [5, 5.41) is 11.7. The Bertz CT molecular complexity index is 804. The average Bonchev–Trinajstić information content (AvgIpc) is 3.17. The molecule has 98 valence electrons. The Morgan fingerprint density at radius 1 is 1.10 bits per heavy atom. The molecule has 3 aromatic rings. The summed E-state index contributed by atoms with van der Waals surface area (Å²) < 4.78 is 1.76. The van der Waals surface area contributed by atoms with Gasteiger partial charge in [0, 0.05) is 12.7 Å². The molecule has 0 atom stereocenters. The average molecular weight is 264 g/mol. The quantitative estimate of drug-likeness (QED) is 0.754. The molecule has 20 heavy (non-hydrogen) atoms. The molecule has 0 fully saturated rings. The first kappa shape index (κ1) is 11.1. The predicted octanol–water partition coefficient (Wildman–Crippen LogP) is 1.17. The second kappa shape index (κ2) is 4.41. The molecule has 0 amide bonds. The number of benzene rings is 1. The Kier molecular flexibility index (Phi) is 2.45. The van der Waals surface area contributed by atoms with Gasteiger partial charge in [-0.3, -0.25) is 4.99 Å². The summed E-state index contributed by atoms with van der Waals surface area (Å²) in [4.78, 5) is 8.92. The molecule has 0 unspecified atom stereocenters. The van der Waals surface area contributed by atoms with Crippen molar-refractivity contribution < 1.29 is 0 Å². The van der Waals surface area contributed by atoms with Crippen LogP contribution in [-0.4, -0.2) is 38.9 Å². The zero-order valence-electron chi connectivity index (χ0n) is 10.7. The van der Waals surface area contributed by atoms with Crippen LogP contribution in [0.25, 0.3) is 16.9 Å². The molecule has 6 nitrogen and oxygen atoms in total. The Morgan fingerprint density at radius 3 is 2.95 bits per heavy atom. The Morgan fingerprint density at radius 2 is 2.05 bits per heavy atom. The second-order valence-corrected chi connectivity index (χ2v) is 4.52. The van der Waals surface area contributed by atoms with Crippen molar-refractivity contribution in [3.63, 3.8) is 0 Å². The van der Waals surface area contributed by atoms with Gasteiger partial charge in [0.1, 0.15) is 11.4 Å². The molecule has 0 radical (unpaired) electrons. The number of aromatic nitrogens is 4. The van der Waals surface area contributed by atoms with E-state index in [9.17, 15) is 0 Å². The van der Waals surface area contributed by atoms with E-state index in [1.807, 2.05) is 36.4 Å². The maximum absolute atomic E-state index is 4.46. The summed E-state index contributed by atoms with van der Waals surface area (Å²) in [5.41, 5.74) is 2.73. The third-order valence-electron chi connectivity index (χ3n) is 3.27. The van der Waals surface area contributed by atoms with Crippen molar-refractivity contribution in [1.29, 1.82) is 0 Å². The molecule has 4 rings (SSSR count). The number of hydrogen-bond donors (Lipinski definition) is 1. The van der Waals surface area contributed by atoms with Crippen molar-refractivity contribution in [1.82, 2.24) is 25.3 Å². The second-order valence-electron chi connectivity index (χ2n) is 4.52. The van der Waals surface area contributed by atoms with Crippen LogP contribution in [0.1, 0.15) is 5.56 Å². The Balaban J connectivity index is 1.94. The number of pyridine rings is 1. The number of amidine groups is 1. The molecule has 1 aliphatic heterocycles. The third kappa shape index (κ3) is 1.65. The number of nitrogens with one attached hydrogen (secondary N) is 1. The van der Waals surface area contributed by atoms with Crippen LogP contribution >= 0.6 is 0 Å². The highest BCUT2D eigenvalue weighted by molar-refractivity contribution is 6.02. The minimum atomic E-state index is 0.745. The normalized spacial score (nSPS) is 14.3. The first-order valence-corrected chi connectivity index (χ1v) is 6.48. The van der Waals surface area contributed by atoms with Crippen molar-refractivity contribution in [3.8, 4) is 5.82 Å². The van der Waals surface area contributed by atoms with Gasteiger partial charge < -0.3 is 5.32 Å². The molecule has 0 spiro atoms. The van der Waals surface area contributed by atoms with E-state index in [4.69, 9.17) is 0 Å². The highest BCUT2D eigenvalue weighted by Crippen LogP contribution is 2.18. The van der Waals surface area contributed by atoms with Gasteiger partial charge in [-0.25, -0.2) is 4.98 Å². The fraction of sp³-hybridized carbons (Fsp3) is 0.143. The van der Waals surface area contributed by atoms with Crippen LogP contribution in [0.3, 0.4) is 0 Å². The molecule has 0 saturated heterocycles. The van der Waals surface area contributed by atoms with Gasteiger partial charge in [-0.1, -0.05) is 17.3 Å². The van der Waals surface area contributed by atoms with E-state index in [-0.39, 0.29) is 0 Å². The summed E-state index contributed by atoms with van der Waals surface area (Å²) in [6, 6.07) is 11.7. The van der Waals surface area contributed by atoms with E-state index in [0.29, 0.717) is 0 Å². The van der Waals surface area contributed by atoms with E-state index < -0.39 is 0 Å². The Labute approximate surface area is 115 Å². The van der Waals surface area contributed by atoms with Crippen LogP contribution in [0.5, 0.6) is 0 Å². The molecule has 6 heteroatoms. The molecular weight excluding hydrogens is 252 g/mol. The fourth-order valence-electron chi connectivity index (χ4n) is 2.35. The molecule has 1 aliphatic rings. The lowest BCUT2D eigenvalue weighted by atomic mass is 10.2. The zero-order chi connectivity index (χ0) is 13.4. The highest BCUT2D eigenvalue weighted by Gasteiger charge is 2.16. The predicted molar refractivity (Wildman–Crippen MR) is 76.1 cm³/mol.